The van der Waals surface area contributed by atoms with Gasteiger partial charge in [-0.2, -0.15) is 13.2 Å². The number of benzene rings is 1. The average Bonchev–Trinajstić information content (AvgIpc) is 3.03. The fourth-order valence-electron chi connectivity index (χ4n) is 3.22. The molecule has 1 aliphatic rings. The van der Waals surface area contributed by atoms with Crippen LogP contribution in [0.1, 0.15) is 24.1 Å². The number of nitrogens with one attached hydrogen (secondary N) is 1. The van der Waals surface area contributed by atoms with Crippen LogP contribution in [-0.4, -0.2) is 58.3 Å². The van der Waals surface area contributed by atoms with Crippen LogP contribution in [0.4, 0.5) is 18.9 Å². The molecule has 0 bridgehead atoms. The highest BCUT2D eigenvalue weighted by molar-refractivity contribution is 5.80. The third-order valence-electron chi connectivity index (χ3n) is 5.01. The van der Waals surface area contributed by atoms with Gasteiger partial charge in [-0.25, -0.2) is 4.99 Å². The zero-order chi connectivity index (χ0) is 21.0. The van der Waals surface area contributed by atoms with Gasteiger partial charge in [-0.15, -0.1) is 10.2 Å². The largest absolute Gasteiger partial charge is 0.416 e. The third kappa shape index (κ3) is 4.99. The number of halogens is 3. The van der Waals surface area contributed by atoms with Crippen molar-refractivity contribution in [3.8, 4) is 0 Å². The maximum atomic E-state index is 13.0. The summed E-state index contributed by atoms with van der Waals surface area (Å²) in [5.74, 6) is 2.38. The van der Waals surface area contributed by atoms with E-state index in [0.717, 1.165) is 30.2 Å². The van der Waals surface area contributed by atoms with Crippen molar-refractivity contribution < 1.29 is 13.2 Å². The number of hydrogen-bond acceptors (Lipinski definition) is 4. The lowest BCUT2D eigenvalue weighted by atomic mass is 10.1. The number of alkyl halides is 3. The second-order valence-electron chi connectivity index (χ2n) is 6.91. The van der Waals surface area contributed by atoms with Crippen molar-refractivity contribution in [1.82, 2.24) is 25.0 Å². The molecule has 0 aliphatic carbocycles. The summed E-state index contributed by atoms with van der Waals surface area (Å²) in [6.45, 7) is 7.60. The summed E-state index contributed by atoms with van der Waals surface area (Å²) in [7, 11) is 1.90. The Morgan fingerprint density at radius 2 is 1.90 bits per heavy atom. The molecule has 0 saturated carbocycles. The first-order valence-corrected chi connectivity index (χ1v) is 9.60. The number of aryl methyl sites for hydroxylation is 1. The van der Waals surface area contributed by atoms with Gasteiger partial charge in [0.25, 0.3) is 0 Å². The minimum Gasteiger partial charge on any atom is -0.368 e. The zero-order valence-corrected chi connectivity index (χ0v) is 16.9. The van der Waals surface area contributed by atoms with Crippen molar-refractivity contribution in [2.75, 3.05) is 37.6 Å². The van der Waals surface area contributed by atoms with Gasteiger partial charge in [0.15, 0.2) is 11.8 Å². The Morgan fingerprint density at radius 3 is 2.48 bits per heavy atom. The molecule has 1 aliphatic heterocycles. The topological polar surface area (TPSA) is 61.6 Å². The summed E-state index contributed by atoms with van der Waals surface area (Å²) in [5.41, 5.74) is -0.0257. The minimum atomic E-state index is -4.33. The quantitative estimate of drug-likeness (QED) is 0.621. The van der Waals surface area contributed by atoms with Crippen LogP contribution >= 0.6 is 0 Å². The lowest BCUT2D eigenvalue weighted by Crippen LogP contribution is -2.52. The predicted octanol–water partition coefficient (Wildman–Crippen LogP) is 2.43. The zero-order valence-electron chi connectivity index (χ0n) is 16.9. The van der Waals surface area contributed by atoms with E-state index in [-0.39, 0.29) is 0 Å². The van der Waals surface area contributed by atoms with Crippen LogP contribution in [0.25, 0.3) is 0 Å². The van der Waals surface area contributed by atoms with Crippen LogP contribution in [0.3, 0.4) is 0 Å². The van der Waals surface area contributed by atoms with E-state index in [9.17, 15) is 13.2 Å². The van der Waals surface area contributed by atoms with E-state index in [0.29, 0.717) is 38.4 Å². The van der Waals surface area contributed by atoms with E-state index in [1.54, 1.807) is 6.07 Å². The number of nitrogens with zero attached hydrogens (tertiary/aromatic N) is 6. The molecule has 3 rings (SSSR count). The lowest BCUT2D eigenvalue weighted by molar-refractivity contribution is -0.137. The normalized spacial score (nSPS) is 15.7. The second-order valence-corrected chi connectivity index (χ2v) is 6.91. The molecule has 0 unspecified atom stereocenters. The van der Waals surface area contributed by atoms with Crippen LogP contribution in [0, 0.1) is 6.92 Å². The summed E-state index contributed by atoms with van der Waals surface area (Å²) >= 11 is 0. The van der Waals surface area contributed by atoms with Crippen LogP contribution in [0.5, 0.6) is 0 Å². The summed E-state index contributed by atoms with van der Waals surface area (Å²) < 4.78 is 40.8. The van der Waals surface area contributed by atoms with Crippen LogP contribution in [-0.2, 0) is 19.8 Å². The maximum absolute atomic E-state index is 13.0. The van der Waals surface area contributed by atoms with Gasteiger partial charge in [-0.1, -0.05) is 6.07 Å². The Kier molecular flexibility index (Phi) is 6.29. The first-order valence-electron chi connectivity index (χ1n) is 9.60. The Labute approximate surface area is 168 Å². The standard InChI is InChI=1S/C19H26F3N7/c1-4-23-18(24-13-17-26-25-14(2)27(17)3)29-10-8-28(9-11-29)16-7-5-6-15(12-16)19(20,21)22/h5-7,12H,4,8-11,13H2,1-3H3,(H,23,24). The van der Waals surface area contributed by atoms with Crippen molar-refractivity contribution in [2.24, 2.45) is 12.0 Å². The van der Waals surface area contributed by atoms with E-state index in [1.807, 2.05) is 30.4 Å². The highest BCUT2D eigenvalue weighted by atomic mass is 19.4. The Hall–Kier alpha value is -2.78. The molecule has 29 heavy (non-hydrogen) atoms. The summed E-state index contributed by atoms with van der Waals surface area (Å²) in [6, 6.07) is 5.49. The van der Waals surface area contributed by atoms with E-state index >= 15 is 0 Å². The molecule has 2 aromatic rings. The Morgan fingerprint density at radius 1 is 1.17 bits per heavy atom. The van der Waals surface area contributed by atoms with Crippen molar-refractivity contribution >= 4 is 11.6 Å². The predicted molar refractivity (Wildman–Crippen MR) is 106 cm³/mol. The van der Waals surface area contributed by atoms with Gasteiger partial charge in [0, 0.05) is 45.5 Å². The number of piperazine rings is 1. The Bertz CT molecular complexity index is 852. The van der Waals surface area contributed by atoms with Gasteiger partial charge in [0.1, 0.15) is 12.4 Å². The molecule has 0 amide bonds. The fraction of sp³-hybridized carbons (Fsp3) is 0.526. The molecular weight excluding hydrogens is 383 g/mol. The molecule has 0 radical (unpaired) electrons. The van der Waals surface area contributed by atoms with Crippen molar-refractivity contribution in [1.29, 1.82) is 0 Å². The minimum absolute atomic E-state index is 0.410. The summed E-state index contributed by atoms with van der Waals surface area (Å²) in [4.78, 5) is 8.76. The molecular formula is C19H26F3N7. The number of hydrogen-bond donors (Lipinski definition) is 1. The van der Waals surface area contributed by atoms with Crippen molar-refractivity contribution in [2.45, 2.75) is 26.6 Å². The molecule has 10 heteroatoms. The van der Waals surface area contributed by atoms with E-state index in [1.165, 1.54) is 12.1 Å². The van der Waals surface area contributed by atoms with Gasteiger partial charge in [-0.3, -0.25) is 0 Å². The molecule has 7 nitrogen and oxygen atoms in total. The number of guanidine groups is 1. The molecule has 0 spiro atoms. The third-order valence-corrected chi connectivity index (χ3v) is 5.01. The maximum Gasteiger partial charge on any atom is 0.416 e. The van der Waals surface area contributed by atoms with Gasteiger partial charge >= 0.3 is 6.18 Å². The average molecular weight is 409 g/mol. The molecule has 1 aromatic heterocycles. The number of anilines is 1. The van der Waals surface area contributed by atoms with Gasteiger partial charge in [0.2, 0.25) is 0 Å². The molecule has 1 aromatic carbocycles. The smallest absolute Gasteiger partial charge is 0.368 e. The van der Waals surface area contributed by atoms with Crippen LogP contribution < -0.4 is 10.2 Å². The Balaban J connectivity index is 1.66. The van der Waals surface area contributed by atoms with Crippen molar-refractivity contribution in [3.63, 3.8) is 0 Å². The van der Waals surface area contributed by atoms with Gasteiger partial charge in [0.05, 0.1) is 5.56 Å². The molecule has 1 saturated heterocycles. The molecule has 158 valence electrons. The first kappa shape index (κ1) is 20.9. The number of aliphatic imine (C=N–C) groups is 1. The first-order chi connectivity index (χ1) is 13.8. The second kappa shape index (κ2) is 8.71. The molecule has 1 fully saturated rings. The molecule has 1 N–H and O–H groups in total. The lowest BCUT2D eigenvalue weighted by Gasteiger charge is -2.37. The van der Waals surface area contributed by atoms with Gasteiger partial charge in [-0.05, 0) is 32.0 Å². The highest BCUT2D eigenvalue weighted by Crippen LogP contribution is 2.31. The van der Waals surface area contributed by atoms with Gasteiger partial charge < -0.3 is 19.7 Å². The fourth-order valence-corrected chi connectivity index (χ4v) is 3.22. The SMILES string of the molecule is CCNC(=NCc1nnc(C)n1C)N1CCN(c2cccc(C(F)(F)F)c2)CC1. The van der Waals surface area contributed by atoms with Crippen LogP contribution in [0.2, 0.25) is 0 Å². The molecule has 0 atom stereocenters. The number of rotatable bonds is 4. The summed E-state index contributed by atoms with van der Waals surface area (Å²) in [6.07, 6.45) is -4.33. The van der Waals surface area contributed by atoms with E-state index < -0.39 is 11.7 Å². The van der Waals surface area contributed by atoms with Crippen LogP contribution in [0.15, 0.2) is 29.3 Å². The monoisotopic (exact) mass is 409 g/mol. The highest BCUT2D eigenvalue weighted by Gasteiger charge is 2.31. The number of aromatic nitrogens is 3. The molecule has 2 heterocycles. The van der Waals surface area contributed by atoms with Crippen molar-refractivity contribution in [3.05, 3.63) is 41.5 Å². The van der Waals surface area contributed by atoms with E-state index in [2.05, 4.69) is 25.4 Å². The van der Waals surface area contributed by atoms with E-state index in [4.69, 9.17) is 0 Å². The summed E-state index contributed by atoms with van der Waals surface area (Å²) in [5, 5.41) is 11.5.